The maximum atomic E-state index is 10.8. The first-order valence-corrected chi connectivity index (χ1v) is 8.44. The van der Waals surface area contributed by atoms with Crippen LogP contribution >= 0.6 is 11.8 Å². The number of carboxylic acids is 1. The molecule has 0 amide bonds. The number of carbonyl (C=O) groups is 1. The van der Waals surface area contributed by atoms with Gasteiger partial charge in [-0.05, 0) is 46.5 Å². The van der Waals surface area contributed by atoms with Crippen molar-refractivity contribution in [2.75, 3.05) is 17.2 Å². The van der Waals surface area contributed by atoms with Crippen molar-refractivity contribution in [1.29, 1.82) is 0 Å². The minimum atomic E-state index is -0.835. The van der Waals surface area contributed by atoms with Crippen LogP contribution in [0.1, 0.15) is 46.6 Å². The Morgan fingerprint density at radius 3 is 2.52 bits per heavy atom. The van der Waals surface area contributed by atoms with Gasteiger partial charge < -0.3 is 10.0 Å². The Bertz CT molecular complexity index is 497. The van der Waals surface area contributed by atoms with Gasteiger partial charge in [0.15, 0.2) is 5.16 Å². The lowest BCUT2D eigenvalue weighted by atomic mass is 10.3. The third-order valence-electron chi connectivity index (χ3n) is 3.52. The molecule has 6 nitrogen and oxygen atoms in total. The molecule has 1 aliphatic carbocycles. The molecular formula is C14H24N4O2S. The SMILES string of the molecule is CC(C)N(CC1CC1)c1nnc(SCC(=O)O)n1C(C)C. The van der Waals surface area contributed by atoms with Crippen molar-refractivity contribution in [3.05, 3.63) is 0 Å². The van der Waals surface area contributed by atoms with Crippen molar-refractivity contribution in [1.82, 2.24) is 14.8 Å². The van der Waals surface area contributed by atoms with Crippen LogP contribution in [0.5, 0.6) is 0 Å². The van der Waals surface area contributed by atoms with Gasteiger partial charge in [-0.3, -0.25) is 9.36 Å². The van der Waals surface area contributed by atoms with Gasteiger partial charge in [-0.25, -0.2) is 0 Å². The molecule has 0 unspecified atom stereocenters. The minimum absolute atomic E-state index is 0.00908. The summed E-state index contributed by atoms with van der Waals surface area (Å²) in [4.78, 5) is 13.1. The van der Waals surface area contributed by atoms with Crippen LogP contribution in [0.25, 0.3) is 0 Å². The van der Waals surface area contributed by atoms with Crippen molar-refractivity contribution in [3.8, 4) is 0 Å². The molecule has 1 saturated carbocycles. The summed E-state index contributed by atoms with van der Waals surface area (Å²) in [7, 11) is 0. The van der Waals surface area contributed by atoms with Crippen molar-refractivity contribution in [2.45, 2.75) is 57.8 Å². The van der Waals surface area contributed by atoms with E-state index in [9.17, 15) is 4.79 Å². The lowest BCUT2D eigenvalue weighted by Gasteiger charge is -2.29. The third kappa shape index (κ3) is 4.12. The Morgan fingerprint density at radius 2 is 2.05 bits per heavy atom. The summed E-state index contributed by atoms with van der Waals surface area (Å²) in [6.45, 7) is 9.48. The average molecular weight is 312 g/mol. The number of nitrogens with zero attached hydrogens (tertiary/aromatic N) is 4. The zero-order valence-corrected chi connectivity index (χ0v) is 13.9. The Balaban J connectivity index is 2.25. The molecule has 0 aliphatic heterocycles. The molecule has 1 N–H and O–H groups in total. The van der Waals surface area contributed by atoms with Crippen molar-refractivity contribution < 1.29 is 9.90 Å². The summed E-state index contributed by atoms with van der Waals surface area (Å²) in [5.74, 6) is 0.799. The van der Waals surface area contributed by atoms with Crippen LogP contribution in [0.3, 0.4) is 0 Å². The first kappa shape index (κ1) is 16.1. The fourth-order valence-electron chi connectivity index (χ4n) is 2.24. The van der Waals surface area contributed by atoms with Gasteiger partial charge in [0.05, 0.1) is 5.75 Å². The summed E-state index contributed by atoms with van der Waals surface area (Å²) in [5, 5.41) is 18.1. The average Bonchev–Trinajstić information content (AvgIpc) is 3.11. The third-order valence-corrected chi connectivity index (χ3v) is 4.45. The van der Waals surface area contributed by atoms with Gasteiger partial charge in [0.2, 0.25) is 5.95 Å². The number of aromatic nitrogens is 3. The molecule has 1 aliphatic rings. The standard InChI is InChI=1S/C14H24N4O2S/c1-9(2)17(7-11-5-6-11)13-15-16-14(18(13)10(3)4)21-8-12(19)20/h9-11H,5-8H2,1-4H3,(H,19,20). The molecule has 1 aromatic heterocycles. The summed E-state index contributed by atoms with van der Waals surface area (Å²) >= 11 is 1.23. The fraction of sp³-hybridized carbons (Fsp3) is 0.786. The van der Waals surface area contributed by atoms with Crippen LogP contribution in [-0.2, 0) is 4.79 Å². The van der Waals surface area contributed by atoms with E-state index in [-0.39, 0.29) is 11.8 Å². The van der Waals surface area contributed by atoms with E-state index in [2.05, 4.69) is 47.4 Å². The molecule has 1 aromatic rings. The van der Waals surface area contributed by atoms with E-state index in [4.69, 9.17) is 5.11 Å². The first-order chi connectivity index (χ1) is 9.90. The second-order valence-electron chi connectivity index (χ2n) is 6.12. The Kier molecular flexibility index (Phi) is 5.13. The smallest absolute Gasteiger partial charge is 0.313 e. The summed E-state index contributed by atoms with van der Waals surface area (Å²) in [6, 6.07) is 0.552. The molecule has 0 atom stereocenters. The van der Waals surface area contributed by atoms with Crippen molar-refractivity contribution in [3.63, 3.8) is 0 Å². The molecule has 21 heavy (non-hydrogen) atoms. The molecule has 0 bridgehead atoms. The molecule has 7 heteroatoms. The molecule has 118 valence electrons. The van der Waals surface area contributed by atoms with Crippen molar-refractivity contribution in [2.24, 2.45) is 5.92 Å². The minimum Gasteiger partial charge on any atom is -0.481 e. The predicted molar refractivity (Wildman–Crippen MR) is 84.0 cm³/mol. The van der Waals surface area contributed by atoms with Gasteiger partial charge in [0.1, 0.15) is 0 Å². The molecule has 1 fully saturated rings. The molecule has 2 rings (SSSR count). The van der Waals surface area contributed by atoms with Crippen LogP contribution in [0.4, 0.5) is 5.95 Å². The molecule has 0 spiro atoms. The molecular weight excluding hydrogens is 288 g/mol. The lowest BCUT2D eigenvalue weighted by molar-refractivity contribution is -0.133. The number of aliphatic carboxylic acids is 1. The van der Waals surface area contributed by atoms with Crippen LogP contribution in [0, 0.1) is 5.92 Å². The highest BCUT2D eigenvalue weighted by Crippen LogP contribution is 2.33. The fourth-order valence-corrected chi connectivity index (χ4v) is 3.03. The number of thioether (sulfide) groups is 1. The van der Waals surface area contributed by atoms with Crippen LogP contribution in [0.2, 0.25) is 0 Å². The van der Waals surface area contributed by atoms with Gasteiger partial charge in [-0.15, -0.1) is 10.2 Å². The normalized spacial score (nSPS) is 15.0. The van der Waals surface area contributed by atoms with Crippen molar-refractivity contribution >= 4 is 23.7 Å². The highest BCUT2D eigenvalue weighted by Gasteiger charge is 2.29. The zero-order valence-electron chi connectivity index (χ0n) is 13.1. The lowest BCUT2D eigenvalue weighted by Crippen LogP contribution is -2.35. The van der Waals surface area contributed by atoms with Gasteiger partial charge in [-0.1, -0.05) is 11.8 Å². The monoisotopic (exact) mass is 312 g/mol. The Morgan fingerprint density at radius 1 is 1.38 bits per heavy atom. The van der Waals surface area contributed by atoms with E-state index in [1.54, 1.807) is 0 Å². The van der Waals surface area contributed by atoms with Gasteiger partial charge in [-0.2, -0.15) is 0 Å². The number of hydrogen-bond acceptors (Lipinski definition) is 5. The quantitative estimate of drug-likeness (QED) is 0.744. The van der Waals surface area contributed by atoms with E-state index < -0.39 is 5.97 Å². The van der Waals surface area contributed by atoms with E-state index >= 15 is 0 Å². The molecule has 0 radical (unpaired) electrons. The second kappa shape index (κ2) is 6.68. The van der Waals surface area contributed by atoms with E-state index in [1.165, 1.54) is 24.6 Å². The van der Waals surface area contributed by atoms with Gasteiger partial charge in [0.25, 0.3) is 0 Å². The summed E-state index contributed by atoms with van der Waals surface area (Å²) in [5.41, 5.74) is 0. The topological polar surface area (TPSA) is 71.2 Å². The zero-order chi connectivity index (χ0) is 15.6. The summed E-state index contributed by atoms with van der Waals surface area (Å²) in [6.07, 6.45) is 2.58. The number of hydrogen-bond donors (Lipinski definition) is 1. The maximum Gasteiger partial charge on any atom is 0.313 e. The molecule has 1 heterocycles. The van der Waals surface area contributed by atoms with Crippen LogP contribution in [0.15, 0.2) is 5.16 Å². The van der Waals surface area contributed by atoms with Crippen LogP contribution < -0.4 is 4.90 Å². The van der Waals surface area contributed by atoms with E-state index in [1.807, 2.05) is 0 Å². The number of rotatable bonds is 8. The summed E-state index contributed by atoms with van der Waals surface area (Å²) < 4.78 is 2.05. The molecule has 0 saturated heterocycles. The Labute approximate surface area is 129 Å². The maximum absolute atomic E-state index is 10.8. The van der Waals surface area contributed by atoms with E-state index in [0.717, 1.165) is 18.4 Å². The largest absolute Gasteiger partial charge is 0.481 e. The number of carboxylic acid groups (broad SMARTS) is 1. The highest BCUT2D eigenvalue weighted by molar-refractivity contribution is 7.99. The molecule has 0 aromatic carbocycles. The highest BCUT2D eigenvalue weighted by atomic mass is 32.2. The van der Waals surface area contributed by atoms with E-state index in [0.29, 0.717) is 11.2 Å². The van der Waals surface area contributed by atoms with Gasteiger partial charge in [0, 0.05) is 18.6 Å². The number of anilines is 1. The Hall–Kier alpha value is -1.24. The second-order valence-corrected chi connectivity index (χ2v) is 7.06. The predicted octanol–water partition coefficient (Wildman–Crippen LogP) is 2.66. The van der Waals surface area contributed by atoms with Crippen LogP contribution in [-0.4, -0.2) is 44.2 Å². The first-order valence-electron chi connectivity index (χ1n) is 7.46. The van der Waals surface area contributed by atoms with Gasteiger partial charge >= 0.3 is 5.97 Å².